The minimum atomic E-state index is -0.452. The summed E-state index contributed by atoms with van der Waals surface area (Å²) in [6.45, 7) is 0.427. The van der Waals surface area contributed by atoms with E-state index in [4.69, 9.17) is 4.74 Å². The van der Waals surface area contributed by atoms with Crippen molar-refractivity contribution in [1.82, 2.24) is 0 Å². The van der Waals surface area contributed by atoms with Crippen molar-refractivity contribution in [3.8, 4) is 11.8 Å². The van der Waals surface area contributed by atoms with E-state index in [0.29, 0.717) is 23.6 Å². The molecule has 4 aromatic rings. The summed E-state index contributed by atoms with van der Waals surface area (Å²) in [7, 11) is 0. The molecular weight excluding hydrogens is 591 g/mol. The Morgan fingerprint density at radius 1 is 1.03 bits per heavy atom. The minimum Gasteiger partial charge on any atom is -0.488 e. The molecule has 162 valence electrons. The van der Waals surface area contributed by atoms with Gasteiger partial charge in [0, 0.05) is 9.26 Å². The number of hydrogen-bond acceptors (Lipinski definition) is 3. The number of hydrogen-bond donors (Lipinski definition) is 1. The Morgan fingerprint density at radius 2 is 1.82 bits per heavy atom. The molecule has 0 fully saturated rings. The van der Waals surface area contributed by atoms with Gasteiger partial charge in [-0.25, -0.2) is 0 Å². The van der Waals surface area contributed by atoms with E-state index in [1.807, 2.05) is 60.7 Å². The Kier molecular flexibility index (Phi) is 7.43. The summed E-state index contributed by atoms with van der Waals surface area (Å²) in [4.78, 5) is 12.5. The number of amides is 1. The first-order chi connectivity index (χ1) is 16.0. The number of carbonyl (C=O) groups excluding carboxylic acids is 1. The predicted molar refractivity (Wildman–Crippen MR) is 144 cm³/mol. The molecule has 4 nitrogen and oxygen atoms in total. The highest BCUT2D eigenvalue weighted by molar-refractivity contribution is 14.1. The van der Waals surface area contributed by atoms with E-state index in [2.05, 4.69) is 68.1 Å². The van der Waals surface area contributed by atoms with Crippen LogP contribution in [-0.2, 0) is 11.4 Å². The van der Waals surface area contributed by atoms with E-state index >= 15 is 0 Å². The minimum absolute atomic E-state index is 0.0187. The van der Waals surface area contributed by atoms with Crippen molar-refractivity contribution in [3.05, 3.63) is 110 Å². The number of nitrogens with one attached hydrogen (secondary N) is 1. The smallest absolute Gasteiger partial charge is 0.266 e. The number of carbonyl (C=O) groups is 1. The van der Waals surface area contributed by atoms with E-state index in [-0.39, 0.29) is 5.57 Å². The van der Waals surface area contributed by atoms with Gasteiger partial charge in [-0.3, -0.25) is 4.79 Å². The van der Waals surface area contributed by atoms with E-state index in [0.717, 1.165) is 19.0 Å². The topological polar surface area (TPSA) is 62.1 Å². The van der Waals surface area contributed by atoms with Gasteiger partial charge in [-0.15, -0.1) is 0 Å². The molecule has 33 heavy (non-hydrogen) atoms. The first-order valence-corrected chi connectivity index (χ1v) is 12.0. The van der Waals surface area contributed by atoms with Gasteiger partial charge in [0.05, 0.1) is 4.47 Å². The van der Waals surface area contributed by atoms with Crippen LogP contribution >= 0.6 is 38.5 Å². The standard InChI is InChI=1S/C27H18BrIN2O2/c28-25-14-18(13-21(16-30)27(32)31-23-9-4-8-22(29)15-23)11-12-26(25)33-17-20-7-3-6-19-5-1-2-10-24(19)20/h1-15H,17H2,(H,31,32)/b21-13+. The number of fused-ring (bicyclic) bond motifs is 1. The van der Waals surface area contributed by atoms with Gasteiger partial charge < -0.3 is 10.1 Å². The Labute approximate surface area is 214 Å². The van der Waals surface area contributed by atoms with Crippen LogP contribution in [0.3, 0.4) is 0 Å². The number of ether oxygens (including phenoxy) is 1. The third kappa shape index (κ3) is 5.81. The molecule has 0 aliphatic carbocycles. The molecule has 0 heterocycles. The maximum atomic E-state index is 12.5. The predicted octanol–water partition coefficient (Wildman–Crippen LogP) is 7.33. The van der Waals surface area contributed by atoms with Gasteiger partial charge in [0.2, 0.25) is 0 Å². The Hall–Kier alpha value is -3.15. The fraction of sp³-hybridized carbons (Fsp3) is 0.0370. The van der Waals surface area contributed by atoms with Crippen LogP contribution in [0.15, 0.2) is 95.0 Å². The lowest BCUT2D eigenvalue weighted by Gasteiger charge is -2.11. The van der Waals surface area contributed by atoms with Crippen molar-refractivity contribution < 1.29 is 9.53 Å². The van der Waals surface area contributed by atoms with Crippen LogP contribution in [0, 0.1) is 14.9 Å². The van der Waals surface area contributed by atoms with Crippen LogP contribution in [0.25, 0.3) is 16.8 Å². The fourth-order valence-electron chi connectivity index (χ4n) is 3.38. The quantitative estimate of drug-likeness (QED) is 0.142. The van der Waals surface area contributed by atoms with Gasteiger partial charge in [0.1, 0.15) is 24.0 Å². The van der Waals surface area contributed by atoms with Gasteiger partial charge in [0.15, 0.2) is 0 Å². The molecule has 0 aromatic heterocycles. The molecule has 4 rings (SSSR count). The normalized spacial score (nSPS) is 11.1. The van der Waals surface area contributed by atoms with E-state index in [1.54, 1.807) is 12.1 Å². The summed E-state index contributed by atoms with van der Waals surface area (Å²) in [5.41, 5.74) is 2.48. The SMILES string of the molecule is N#C/C(=C\c1ccc(OCc2cccc3ccccc23)c(Br)c1)C(=O)Nc1cccc(I)c1. The molecule has 1 amide bonds. The summed E-state index contributed by atoms with van der Waals surface area (Å²) >= 11 is 5.71. The molecule has 1 N–H and O–H groups in total. The van der Waals surface area contributed by atoms with Gasteiger partial charge in [-0.05, 0) is 96.8 Å². The molecule has 0 unspecified atom stereocenters. The molecule has 0 atom stereocenters. The second-order valence-corrected chi connectivity index (χ2v) is 9.35. The van der Waals surface area contributed by atoms with Gasteiger partial charge in [-0.1, -0.05) is 54.6 Å². The summed E-state index contributed by atoms with van der Waals surface area (Å²) in [5, 5.41) is 14.6. The second kappa shape index (κ2) is 10.6. The number of halogens is 2. The lowest BCUT2D eigenvalue weighted by molar-refractivity contribution is -0.112. The lowest BCUT2D eigenvalue weighted by Crippen LogP contribution is -2.13. The molecular formula is C27H18BrIN2O2. The first kappa shape index (κ1) is 23.0. The molecule has 0 bridgehead atoms. The summed E-state index contributed by atoms with van der Waals surface area (Å²) in [6.07, 6.45) is 1.56. The van der Waals surface area contributed by atoms with E-state index in [9.17, 15) is 10.1 Å². The maximum absolute atomic E-state index is 12.5. The van der Waals surface area contributed by atoms with Gasteiger partial charge in [-0.2, -0.15) is 5.26 Å². The van der Waals surface area contributed by atoms with Crippen LogP contribution < -0.4 is 10.1 Å². The number of benzene rings is 4. The zero-order valence-electron chi connectivity index (χ0n) is 17.4. The Balaban J connectivity index is 1.48. The largest absolute Gasteiger partial charge is 0.488 e. The van der Waals surface area contributed by atoms with Crippen LogP contribution in [0.1, 0.15) is 11.1 Å². The molecule has 6 heteroatoms. The molecule has 0 spiro atoms. The molecule has 0 aliphatic heterocycles. The van der Waals surface area contributed by atoms with Crippen LogP contribution in [0.5, 0.6) is 5.75 Å². The lowest BCUT2D eigenvalue weighted by atomic mass is 10.1. The molecule has 0 aliphatic rings. The molecule has 0 radical (unpaired) electrons. The van der Waals surface area contributed by atoms with Crippen molar-refractivity contribution >= 4 is 67.0 Å². The van der Waals surface area contributed by atoms with E-state index < -0.39 is 5.91 Å². The fourth-order valence-corrected chi connectivity index (χ4v) is 4.43. The molecule has 0 saturated heterocycles. The monoisotopic (exact) mass is 608 g/mol. The highest BCUT2D eigenvalue weighted by Gasteiger charge is 2.11. The van der Waals surface area contributed by atoms with Crippen molar-refractivity contribution in [2.45, 2.75) is 6.61 Å². The highest BCUT2D eigenvalue weighted by Crippen LogP contribution is 2.29. The maximum Gasteiger partial charge on any atom is 0.266 e. The van der Waals surface area contributed by atoms with Crippen molar-refractivity contribution in [1.29, 1.82) is 5.26 Å². The Bertz CT molecular complexity index is 1400. The zero-order valence-corrected chi connectivity index (χ0v) is 21.1. The van der Waals surface area contributed by atoms with Crippen LogP contribution in [0.2, 0.25) is 0 Å². The first-order valence-electron chi connectivity index (χ1n) is 10.1. The van der Waals surface area contributed by atoms with Crippen molar-refractivity contribution in [2.24, 2.45) is 0 Å². The summed E-state index contributed by atoms with van der Waals surface area (Å²) in [5.74, 6) is 0.230. The number of nitriles is 1. The summed E-state index contributed by atoms with van der Waals surface area (Å²) < 4.78 is 7.78. The highest BCUT2D eigenvalue weighted by atomic mass is 127. The number of anilines is 1. The molecule has 4 aromatic carbocycles. The van der Waals surface area contributed by atoms with Gasteiger partial charge in [0.25, 0.3) is 5.91 Å². The van der Waals surface area contributed by atoms with Crippen molar-refractivity contribution in [3.63, 3.8) is 0 Å². The summed E-state index contributed by atoms with van der Waals surface area (Å²) in [6, 6.07) is 29.2. The van der Waals surface area contributed by atoms with E-state index in [1.165, 1.54) is 5.39 Å². The molecule has 0 saturated carbocycles. The second-order valence-electron chi connectivity index (χ2n) is 7.25. The average molecular weight is 609 g/mol. The zero-order chi connectivity index (χ0) is 23.2. The third-order valence-corrected chi connectivity index (χ3v) is 6.27. The number of nitrogens with zero attached hydrogens (tertiary/aromatic N) is 1. The Morgan fingerprint density at radius 3 is 2.61 bits per heavy atom. The van der Waals surface area contributed by atoms with Gasteiger partial charge >= 0.3 is 0 Å². The van der Waals surface area contributed by atoms with Crippen LogP contribution in [-0.4, -0.2) is 5.91 Å². The third-order valence-electron chi connectivity index (χ3n) is 4.98. The van der Waals surface area contributed by atoms with Crippen molar-refractivity contribution in [2.75, 3.05) is 5.32 Å². The van der Waals surface area contributed by atoms with Crippen LogP contribution in [0.4, 0.5) is 5.69 Å². The number of rotatable bonds is 6. The average Bonchev–Trinajstić information content (AvgIpc) is 2.82.